The zero-order valence-electron chi connectivity index (χ0n) is 14.0. The van der Waals surface area contributed by atoms with E-state index in [0.717, 1.165) is 37.4 Å². The van der Waals surface area contributed by atoms with Crippen LogP contribution in [0.25, 0.3) is 0 Å². The lowest BCUT2D eigenvalue weighted by Gasteiger charge is -2.23. The third-order valence-corrected chi connectivity index (χ3v) is 4.42. The highest BCUT2D eigenvalue weighted by Crippen LogP contribution is 2.24. The maximum Gasteiger partial charge on any atom is 0.226 e. The zero-order chi connectivity index (χ0) is 15.9. The molecular weight excluding hydrogens is 328 g/mol. The predicted molar refractivity (Wildman–Crippen MR) is 97.0 cm³/mol. The van der Waals surface area contributed by atoms with E-state index in [9.17, 15) is 4.79 Å². The number of nitrogens with one attached hydrogen (secondary N) is 2. The Labute approximate surface area is 149 Å². The normalized spacial score (nSPS) is 21.6. The minimum absolute atomic E-state index is 0. The van der Waals surface area contributed by atoms with Gasteiger partial charge in [-0.15, -0.1) is 12.4 Å². The van der Waals surface area contributed by atoms with Crippen LogP contribution in [0.5, 0.6) is 5.75 Å². The van der Waals surface area contributed by atoms with E-state index in [1.807, 2.05) is 24.3 Å². The van der Waals surface area contributed by atoms with Crippen molar-refractivity contribution < 1.29 is 14.3 Å². The standard InChI is InChI=1S/C18H26N2O3.ClH/c21-18(12-15-13-22-11-10-19-15)20-14-6-8-17(9-7-14)23-16-4-2-1-3-5-16;/h6-9,15-16,19H,1-5,10-13H2,(H,20,21);1H. The number of hydrogen-bond donors (Lipinski definition) is 2. The first-order valence-corrected chi connectivity index (χ1v) is 8.67. The van der Waals surface area contributed by atoms with E-state index in [2.05, 4.69) is 10.6 Å². The van der Waals surface area contributed by atoms with E-state index in [-0.39, 0.29) is 24.4 Å². The van der Waals surface area contributed by atoms with E-state index < -0.39 is 0 Å². The molecule has 2 N–H and O–H groups in total. The summed E-state index contributed by atoms with van der Waals surface area (Å²) in [6, 6.07) is 7.79. The number of morpholine rings is 1. The largest absolute Gasteiger partial charge is 0.490 e. The van der Waals surface area contributed by atoms with Gasteiger partial charge in [0, 0.05) is 24.7 Å². The summed E-state index contributed by atoms with van der Waals surface area (Å²) in [5.74, 6) is 0.895. The number of halogens is 1. The van der Waals surface area contributed by atoms with Crippen molar-refractivity contribution >= 4 is 24.0 Å². The maximum atomic E-state index is 12.0. The number of benzene rings is 1. The Bertz CT molecular complexity index is 497. The topological polar surface area (TPSA) is 59.6 Å². The lowest BCUT2D eigenvalue weighted by atomic mass is 9.98. The molecule has 1 saturated carbocycles. The monoisotopic (exact) mass is 354 g/mol. The molecule has 3 rings (SSSR count). The average Bonchev–Trinajstić information content (AvgIpc) is 2.58. The summed E-state index contributed by atoms with van der Waals surface area (Å²) in [5, 5.41) is 6.21. The average molecular weight is 355 g/mol. The van der Waals surface area contributed by atoms with Crippen LogP contribution in [0.4, 0.5) is 5.69 Å². The van der Waals surface area contributed by atoms with Crippen molar-refractivity contribution in [1.29, 1.82) is 0 Å². The molecule has 1 atom stereocenters. The summed E-state index contributed by atoms with van der Waals surface area (Å²) < 4.78 is 11.4. The van der Waals surface area contributed by atoms with Crippen molar-refractivity contribution in [3.63, 3.8) is 0 Å². The van der Waals surface area contributed by atoms with E-state index in [1.165, 1.54) is 19.3 Å². The molecule has 1 aromatic rings. The Morgan fingerprint density at radius 2 is 1.96 bits per heavy atom. The zero-order valence-corrected chi connectivity index (χ0v) is 14.8. The predicted octanol–water partition coefficient (Wildman–Crippen LogP) is 3.14. The Hall–Kier alpha value is -1.30. The van der Waals surface area contributed by atoms with Gasteiger partial charge in [-0.3, -0.25) is 4.79 Å². The van der Waals surface area contributed by atoms with Crippen LogP contribution in [0, 0.1) is 0 Å². The smallest absolute Gasteiger partial charge is 0.226 e. The van der Waals surface area contributed by atoms with Gasteiger partial charge in [-0.2, -0.15) is 0 Å². The van der Waals surface area contributed by atoms with E-state index >= 15 is 0 Å². The Kier molecular flexibility index (Phi) is 7.82. The van der Waals surface area contributed by atoms with Crippen LogP contribution >= 0.6 is 12.4 Å². The van der Waals surface area contributed by atoms with Crippen molar-refractivity contribution in [3.8, 4) is 5.75 Å². The highest BCUT2D eigenvalue weighted by atomic mass is 35.5. The molecule has 1 aliphatic carbocycles. The summed E-state index contributed by atoms with van der Waals surface area (Å²) in [7, 11) is 0. The van der Waals surface area contributed by atoms with E-state index in [4.69, 9.17) is 9.47 Å². The van der Waals surface area contributed by atoms with Gasteiger partial charge >= 0.3 is 0 Å². The van der Waals surface area contributed by atoms with Crippen LogP contribution in [0.2, 0.25) is 0 Å². The SMILES string of the molecule is Cl.O=C(CC1COCCN1)Nc1ccc(OC2CCCCC2)cc1. The Morgan fingerprint density at radius 1 is 1.21 bits per heavy atom. The van der Waals surface area contributed by atoms with Gasteiger partial charge in [0.25, 0.3) is 0 Å². The molecular formula is C18H27ClN2O3. The van der Waals surface area contributed by atoms with Crippen molar-refractivity contribution in [3.05, 3.63) is 24.3 Å². The highest BCUT2D eigenvalue weighted by Gasteiger charge is 2.17. The van der Waals surface area contributed by atoms with Crippen LogP contribution < -0.4 is 15.4 Å². The first-order chi connectivity index (χ1) is 11.3. The third-order valence-electron chi connectivity index (χ3n) is 4.42. The summed E-state index contributed by atoms with van der Waals surface area (Å²) in [5.41, 5.74) is 0.808. The number of carbonyl (C=O) groups is 1. The summed E-state index contributed by atoms with van der Waals surface area (Å²) in [4.78, 5) is 12.0. The molecule has 1 saturated heterocycles. The van der Waals surface area contributed by atoms with Gasteiger partial charge in [-0.1, -0.05) is 6.42 Å². The molecule has 0 aromatic heterocycles. The molecule has 2 fully saturated rings. The Morgan fingerprint density at radius 3 is 2.62 bits per heavy atom. The van der Waals surface area contributed by atoms with Crippen LogP contribution in [-0.4, -0.2) is 37.8 Å². The summed E-state index contributed by atoms with van der Waals surface area (Å²) in [6.07, 6.45) is 6.92. The number of anilines is 1. The fraction of sp³-hybridized carbons (Fsp3) is 0.611. The second-order valence-corrected chi connectivity index (χ2v) is 6.38. The van der Waals surface area contributed by atoms with Crippen molar-refractivity contribution in [2.45, 2.75) is 50.7 Å². The van der Waals surface area contributed by atoms with Crippen molar-refractivity contribution in [1.82, 2.24) is 5.32 Å². The molecule has 1 unspecified atom stereocenters. The van der Waals surface area contributed by atoms with E-state index in [1.54, 1.807) is 0 Å². The van der Waals surface area contributed by atoms with Gasteiger partial charge in [0.2, 0.25) is 5.91 Å². The molecule has 0 spiro atoms. The van der Waals surface area contributed by atoms with Gasteiger partial charge in [-0.05, 0) is 49.9 Å². The van der Waals surface area contributed by atoms with Crippen LogP contribution in [0.3, 0.4) is 0 Å². The third kappa shape index (κ3) is 5.96. The summed E-state index contributed by atoms with van der Waals surface area (Å²) in [6.45, 7) is 2.13. The molecule has 6 heteroatoms. The quantitative estimate of drug-likeness (QED) is 0.852. The first kappa shape index (κ1) is 19.0. The fourth-order valence-corrected chi connectivity index (χ4v) is 3.18. The molecule has 1 amide bonds. The van der Waals surface area contributed by atoms with E-state index in [0.29, 0.717) is 19.1 Å². The van der Waals surface area contributed by atoms with Crippen molar-refractivity contribution in [2.24, 2.45) is 0 Å². The van der Waals surface area contributed by atoms with Gasteiger partial charge in [0.15, 0.2) is 0 Å². The molecule has 134 valence electrons. The molecule has 1 aliphatic heterocycles. The number of hydrogen-bond acceptors (Lipinski definition) is 4. The van der Waals surface area contributed by atoms with Crippen LogP contribution in [0.15, 0.2) is 24.3 Å². The van der Waals surface area contributed by atoms with Crippen LogP contribution in [-0.2, 0) is 9.53 Å². The molecule has 0 bridgehead atoms. The number of ether oxygens (including phenoxy) is 2. The minimum atomic E-state index is 0. The van der Waals surface area contributed by atoms with Gasteiger partial charge < -0.3 is 20.1 Å². The lowest BCUT2D eigenvalue weighted by Crippen LogP contribution is -2.43. The molecule has 2 aliphatic rings. The van der Waals surface area contributed by atoms with Crippen molar-refractivity contribution in [2.75, 3.05) is 25.1 Å². The highest BCUT2D eigenvalue weighted by molar-refractivity contribution is 5.91. The van der Waals surface area contributed by atoms with Crippen LogP contribution in [0.1, 0.15) is 38.5 Å². The maximum absolute atomic E-state index is 12.0. The molecule has 5 nitrogen and oxygen atoms in total. The second-order valence-electron chi connectivity index (χ2n) is 6.38. The van der Waals surface area contributed by atoms with Gasteiger partial charge in [0.05, 0.1) is 19.3 Å². The minimum Gasteiger partial charge on any atom is -0.490 e. The molecule has 0 radical (unpaired) electrons. The summed E-state index contributed by atoms with van der Waals surface area (Å²) >= 11 is 0. The fourth-order valence-electron chi connectivity index (χ4n) is 3.18. The van der Waals surface area contributed by atoms with Gasteiger partial charge in [-0.25, -0.2) is 0 Å². The second kappa shape index (κ2) is 9.87. The number of amides is 1. The Balaban J connectivity index is 0.00000208. The first-order valence-electron chi connectivity index (χ1n) is 8.67. The number of rotatable bonds is 5. The molecule has 1 heterocycles. The van der Waals surface area contributed by atoms with Gasteiger partial charge in [0.1, 0.15) is 5.75 Å². The molecule has 1 aromatic carbocycles. The number of carbonyl (C=O) groups excluding carboxylic acids is 1. The molecule has 24 heavy (non-hydrogen) atoms. The lowest BCUT2D eigenvalue weighted by molar-refractivity contribution is -0.117.